The van der Waals surface area contributed by atoms with E-state index in [9.17, 15) is 5.11 Å². The predicted octanol–water partition coefficient (Wildman–Crippen LogP) is 5.08. The van der Waals surface area contributed by atoms with E-state index in [4.69, 9.17) is 9.97 Å². The second kappa shape index (κ2) is 8.31. The molecule has 0 aliphatic rings. The monoisotopic (exact) mass is 380 g/mol. The topological polar surface area (TPSA) is 63.0 Å². The van der Waals surface area contributed by atoms with Gasteiger partial charge in [-0.3, -0.25) is 0 Å². The van der Waals surface area contributed by atoms with Crippen LogP contribution in [0.1, 0.15) is 62.9 Å². The summed E-state index contributed by atoms with van der Waals surface area (Å²) in [6.07, 6.45) is 3.78. The molecular weight excluding hydrogens is 348 g/mol. The van der Waals surface area contributed by atoms with Crippen molar-refractivity contribution in [3.8, 4) is 11.3 Å². The lowest BCUT2D eigenvalue weighted by atomic mass is 10.0. The summed E-state index contributed by atoms with van der Waals surface area (Å²) >= 11 is 0. The molecule has 0 saturated heterocycles. The number of rotatable bonds is 7. The zero-order valence-electron chi connectivity index (χ0n) is 17.9. The Morgan fingerprint density at radius 2 is 1.93 bits per heavy atom. The number of aliphatic hydroxyl groups is 1. The van der Waals surface area contributed by atoms with Gasteiger partial charge in [-0.25, -0.2) is 9.97 Å². The number of aromatic nitrogens is 3. The van der Waals surface area contributed by atoms with Crippen LogP contribution in [0.25, 0.3) is 22.3 Å². The van der Waals surface area contributed by atoms with Crippen molar-refractivity contribution in [1.29, 1.82) is 0 Å². The Morgan fingerprint density at radius 3 is 2.54 bits per heavy atom. The Bertz CT molecular complexity index is 974. The van der Waals surface area contributed by atoms with Crippen molar-refractivity contribution in [2.45, 2.75) is 59.4 Å². The third kappa shape index (κ3) is 3.63. The first-order valence-corrected chi connectivity index (χ1v) is 10.2. The molecular formula is C23H32N4O. The minimum absolute atomic E-state index is 0.186. The highest BCUT2D eigenvalue weighted by molar-refractivity contribution is 5.86. The van der Waals surface area contributed by atoms with Crippen LogP contribution in [0, 0.1) is 6.92 Å². The largest absolute Gasteiger partial charge is 0.396 e. The summed E-state index contributed by atoms with van der Waals surface area (Å²) in [5.74, 6) is 1.25. The van der Waals surface area contributed by atoms with Crippen LogP contribution in [-0.4, -0.2) is 33.3 Å². The van der Waals surface area contributed by atoms with E-state index >= 15 is 0 Å². The van der Waals surface area contributed by atoms with E-state index in [1.165, 1.54) is 5.56 Å². The highest BCUT2D eigenvalue weighted by Crippen LogP contribution is 2.34. The summed E-state index contributed by atoms with van der Waals surface area (Å²) in [6, 6.07) is 6.74. The summed E-state index contributed by atoms with van der Waals surface area (Å²) in [7, 11) is 1.92. The van der Waals surface area contributed by atoms with Gasteiger partial charge in [0.1, 0.15) is 5.82 Å². The molecule has 150 valence electrons. The van der Waals surface area contributed by atoms with Crippen LogP contribution in [0.2, 0.25) is 0 Å². The fraction of sp³-hybridized carbons (Fsp3) is 0.478. The van der Waals surface area contributed by atoms with E-state index in [0.717, 1.165) is 52.2 Å². The number of hydrogen-bond acceptors (Lipinski definition) is 4. The van der Waals surface area contributed by atoms with Crippen molar-refractivity contribution in [2.24, 2.45) is 0 Å². The van der Waals surface area contributed by atoms with Gasteiger partial charge in [-0.15, -0.1) is 0 Å². The molecule has 0 aliphatic heterocycles. The van der Waals surface area contributed by atoms with E-state index in [2.05, 4.69) is 68.9 Å². The molecule has 0 fully saturated rings. The van der Waals surface area contributed by atoms with Crippen molar-refractivity contribution in [3.05, 3.63) is 41.2 Å². The SMILES string of the molecule is CCc1cc2c(nc1-c1ccc(C(C)C)nc1NC)c(C)cn2[C@@H](C)CCO. The van der Waals surface area contributed by atoms with Crippen LogP contribution >= 0.6 is 0 Å². The molecule has 0 saturated carbocycles. The number of nitrogens with one attached hydrogen (secondary N) is 1. The maximum Gasteiger partial charge on any atom is 0.135 e. The van der Waals surface area contributed by atoms with Gasteiger partial charge in [0, 0.05) is 37.2 Å². The quantitative estimate of drug-likeness (QED) is 0.600. The standard InChI is InChI=1S/C23H32N4O/c1-7-17-12-20-21(15(4)13-27(20)16(5)10-11-28)26-22(17)18-8-9-19(14(2)3)25-23(18)24-6/h8-9,12-14,16,28H,7,10-11H2,1-6H3,(H,24,25)/t16-/m0/s1. The van der Waals surface area contributed by atoms with Gasteiger partial charge in [-0.2, -0.15) is 0 Å². The van der Waals surface area contributed by atoms with Crippen molar-refractivity contribution >= 4 is 16.9 Å². The molecule has 0 aliphatic carbocycles. The minimum Gasteiger partial charge on any atom is -0.396 e. The molecule has 5 nitrogen and oxygen atoms in total. The summed E-state index contributed by atoms with van der Waals surface area (Å²) in [5, 5.41) is 12.6. The van der Waals surface area contributed by atoms with Gasteiger partial charge in [-0.05, 0) is 61.9 Å². The smallest absolute Gasteiger partial charge is 0.135 e. The van der Waals surface area contributed by atoms with Crippen molar-refractivity contribution in [2.75, 3.05) is 19.0 Å². The number of pyridine rings is 2. The van der Waals surface area contributed by atoms with E-state index in [0.29, 0.717) is 5.92 Å². The maximum absolute atomic E-state index is 9.35. The fourth-order valence-corrected chi connectivity index (χ4v) is 3.74. The van der Waals surface area contributed by atoms with E-state index in [1.54, 1.807) is 0 Å². The fourth-order valence-electron chi connectivity index (χ4n) is 3.74. The average molecular weight is 381 g/mol. The van der Waals surface area contributed by atoms with Crippen molar-refractivity contribution in [3.63, 3.8) is 0 Å². The molecule has 3 aromatic rings. The van der Waals surface area contributed by atoms with Gasteiger partial charge in [0.25, 0.3) is 0 Å². The molecule has 3 heterocycles. The summed E-state index contributed by atoms with van der Waals surface area (Å²) in [6.45, 7) is 10.9. The van der Waals surface area contributed by atoms with Gasteiger partial charge in [-0.1, -0.05) is 20.8 Å². The normalized spacial score (nSPS) is 12.7. The van der Waals surface area contributed by atoms with E-state index in [-0.39, 0.29) is 12.6 Å². The summed E-state index contributed by atoms with van der Waals surface area (Å²) in [4.78, 5) is 9.92. The number of hydrogen-bond donors (Lipinski definition) is 2. The number of anilines is 1. The van der Waals surface area contributed by atoms with Gasteiger partial charge in [0.05, 0.1) is 16.7 Å². The molecule has 0 unspecified atom stereocenters. The molecule has 0 amide bonds. The van der Waals surface area contributed by atoms with Gasteiger partial charge >= 0.3 is 0 Å². The molecule has 0 radical (unpaired) electrons. The average Bonchev–Trinajstić information content (AvgIpc) is 3.02. The third-order valence-electron chi connectivity index (χ3n) is 5.47. The lowest BCUT2D eigenvalue weighted by Gasteiger charge is -2.17. The Labute approximate surface area is 167 Å². The Kier molecular flexibility index (Phi) is 6.04. The molecule has 0 aromatic carbocycles. The summed E-state index contributed by atoms with van der Waals surface area (Å²) in [5.41, 5.74) is 7.63. The highest BCUT2D eigenvalue weighted by atomic mass is 16.3. The van der Waals surface area contributed by atoms with E-state index in [1.807, 2.05) is 7.05 Å². The second-order valence-electron chi connectivity index (χ2n) is 7.84. The third-order valence-corrected chi connectivity index (χ3v) is 5.47. The van der Waals surface area contributed by atoms with E-state index < -0.39 is 0 Å². The van der Waals surface area contributed by atoms with Crippen LogP contribution in [0.3, 0.4) is 0 Å². The maximum atomic E-state index is 9.35. The van der Waals surface area contributed by atoms with Crippen LogP contribution in [0.15, 0.2) is 24.4 Å². The van der Waals surface area contributed by atoms with Crippen LogP contribution in [0.4, 0.5) is 5.82 Å². The first kappa shape index (κ1) is 20.3. The highest BCUT2D eigenvalue weighted by Gasteiger charge is 2.18. The minimum atomic E-state index is 0.186. The lowest BCUT2D eigenvalue weighted by Crippen LogP contribution is -2.06. The molecule has 3 rings (SSSR count). The van der Waals surface area contributed by atoms with Crippen molar-refractivity contribution in [1.82, 2.24) is 14.5 Å². The Morgan fingerprint density at radius 1 is 1.18 bits per heavy atom. The molecule has 5 heteroatoms. The van der Waals surface area contributed by atoms with Crippen LogP contribution < -0.4 is 5.32 Å². The van der Waals surface area contributed by atoms with Crippen LogP contribution in [0.5, 0.6) is 0 Å². The lowest BCUT2D eigenvalue weighted by molar-refractivity contribution is 0.264. The van der Waals surface area contributed by atoms with Crippen molar-refractivity contribution < 1.29 is 5.11 Å². The predicted molar refractivity (Wildman–Crippen MR) is 117 cm³/mol. The van der Waals surface area contributed by atoms with Gasteiger partial charge in [0.2, 0.25) is 0 Å². The van der Waals surface area contributed by atoms with Gasteiger partial charge < -0.3 is 15.0 Å². The Hall–Kier alpha value is -2.40. The molecule has 0 spiro atoms. The Balaban J connectivity index is 2.21. The zero-order valence-corrected chi connectivity index (χ0v) is 17.9. The molecule has 28 heavy (non-hydrogen) atoms. The number of aliphatic hydroxyl groups excluding tert-OH is 1. The molecule has 1 atom stereocenters. The zero-order chi connectivity index (χ0) is 20.4. The second-order valence-corrected chi connectivity index (χ2v) is 7.84. The first-order chi connectivity index (χ1) is 13.4. The molecule has 0 bridgehead atoms. The number of nitrogens with zero attached hydrogens (tertiary/aromatic N) is 3. The molecule has 3 aromatic heterocycles. The number of fused-ring (bicyclic) bond motifs is 1. The number of aryl methyl sites for hydroxylation is 2. The molecule has 2 N–H and O–H groups in total. The first-order valence-electron chi connectivity index (χ1n) is 10.2. The summed E-state index contributed by atoms with van der Waals surface area (Å²) < 4.78 is 2.25. The van der Waals surface area contributed by atoms with Gasteiger partial charge in [0.15, 0.2) is 0 Å². The van der Waals surface area contributed by atoms with Crippen LogP contribution in [-0.2, 0) is 6.42 Å².